The lowest BCUT2D eigenvalue weighted by Crippen LogP contribution is -2.51. The quantitative estimate of drug-likeness (QED) is 0.701. The number of nitrogens with two attached hydrogens (primary N) is 1. The number of amides is 1. The molecular weight excluding hydrogens is 208 g/mol. The van der Waals surface area contributed by atoms with E-state index in [4.69, 9.17) is 10.8 Å². The lowest BCUT2D eigenvalue weighted by molar-refractivity contribution is 0.0353. The number of likely N-dealkylation sites (tertiary alicyclic amines) is 1. The van der Waals surface area contributed by atoms with Gasteiger partial charge in [0.2, 0.25) is 0 Å². The van der Waals surface area contributed by atoms with Crippen molar-refractivity contribution in [3.8, 4) is 0 Å². The van der Waals surface area contributed by atoms with E-state index >= 15 is 0 Å². The lowest BCUT2D eigenvalue weighted by atomic mass is 10.0. The third-order valence-electron chi connectivity index (χ3n) is 2.97. The summed E-state index contributed by atoms with van der Waals surface area (Å²) in [6.07, 6.45) is 0. The van der Waals surface area contributed by atoms with E-state index in [1.54, 1.807) is 18.9 Å². The summed E-state index contributed by atoms with van der Waals surface area (Å²) in [5.74, 6) is 0.102. The van der Waals surface area contributed by atoms with E-state index < -0.39 is 0 Å². The second-order valence-corrected chi connectivity index (χ2v) is 4.23. The number of aromatic nitrogens is 2. The highest BCUT2D eigenvalue weighted by Crippen LogP contribution is 2.22. The number of hydrogen-bond acceptors (Lipinski definition) is 4. The van der Waals surface area contributed by atoms with Gasteiger partial charge < -0.3 is 15.7 Å². The third kappa shape index (κ3) is 1.55. The van der Waals surface area contributed by atoms with Crippen molar-refractivity contribution >= 4 is 11.6 Å². The molecule has 0 aliphatic carbocycles. The number of nitrogens with zero attached hydrogens (tertiary/aromatic N) is 3. The maximum atomic E-state index is 12.0. The van der Waals surface area contributed by atoms with Gasteiger partial charge in [-0.15, -0.1) is 0 Å². The summed E-state index contributed by atoms with van der Waals surface area (Å²) >= 11 is 0. The van der Waals surface area contributed by atoms with Crippen LogP contribution in [0, 0.1) is 12.8 Å². The molecule has 2 heterocycles. The van der Waals surface area contributed by atoms with Crippen LogP contribution in [0.5, 0.6) is 0 Å². The molecular formula is C10H16N4O2. The Kier molecular flexibility index (Phi) is 2.59. The Labute approximate surface area is 93.6 Å². The van der Waals surface area contributed by atoms with Crippen LogP contribution in [-0.2, 0) is 7.05 Å². The van der Waals surface area contributed by atoms with Crippen LogP contribution >= 0.6 is 0 Å². The molecule has 1 aliphatic rings. The number of anilines is 1. The molecule has 0 aromatic carbocycles. The number of carbonyl (C=O) groups excluding carboxylic acids is 1. The molecule has 1 aromatic rings. The highest BCUT2D eigenvalue weighted by atomic mass is 16.3. The van der Waals surface area contributed by atoms with Crippen molar-refractivity contribution in [2.45, 2.75) is 6.92 Å². The van der Waals surface area contributed by atoms with Gasteiger partial charge in [-0.1, -0.05) is 0 Å². The lowest BCUT2D eigenvalue weighted by Gasteiger charge is -2.38. The fourth-order valence-corrected chi connectivity index (χ4v) is 1.93. The first kappa shape index (κ1) is 10.9. The number of aryl methyl sites for hydroxylation is 2. The van der Waals surface area contributed by atoms with Crippen LogP contribution in [-0.4, -0.2) is 45.4 Å². The highest BCUT2D eigenvalue weighted by Gasteiger charge is 2.33. The van der Waals surface area contributed by atoms with Gasteiger partial charge >= 0.3 is 0 Å². The number of nitrogen functional groups attached to an aromatic ring is 1. The number of aliphatic hydroxyl groups is 1. The van der Waals surface area contributed by atoms with E-state index in [-0.39, 0.29) is 18.4 Å². The summed E-state index contributed by atoms with van der Waals surface area (Å²) in [5.41, 5.74) is 7.36. The van der Waals surface area contributed by atoms with Crippen molar-refractivity contribution in [1.29, 1.82) is 0 Å². The molecule has 1 amide bonds. The van der Waals surface area contributed by atoms with Crippen molar-refractivity contribution < 1.29 is 9.90 Å². The van der Waals surface area contributed by atoms with Crippen LogP contribution in [0.15, 0.2) is 0 Å². The van der Waals surface area contributed by atoms with Gasteiger partial charge in [-0.2, -0.15) is 5.10 Å². The number of hydrogen-bond donors (Lipinski definition) is 2. The molecule has 16 heavy (non-hydrogen) atoms. The average molecular weight is 224 g/mol. The first-order valence-electron chi connectivity index (χ1n) is 5.23. The Balaban J connectivity index is 2.16. The summed E-state index contributed by atoms with van der Waals surface area (Å²) in [7, 11) is 1.71. The minimum atomic E-state index is -0.106. The summed E-state index contributed by atoms with van der Waals surface area (Å²) in [6, 6.07) is 0. The Hall–Kier alpha value is -1.56. The van der Waals surface area contributed by atoms with Crippen LogP contribution in [0.4, 0.5) is 5.69 Å². The van der Waals surface area contributed by atoms with Gasteiger partial charge in [0.25, 0.3) is 5.91 Å². The molecule has 0 bridgehead atoms. The molecule has 88 valence electrons. The molecule has 6 nitrogen and oxygen atoms in total. The predicted octanol–water partition coefficient (Wildman–Crippen LogP) is -0.625. The van der Waals surface area contributed by atoms with Gasteiger partial charge in [0.1, 0.15) is 5.69 Å². The largest absolute Gasteiger partial charge is 0.396 e. The van der Waals surface area contributed by atoms with E-state index in [1.807, 2.05) is 0 Å². The van der Waals surface area contributed by atoms with Gasteiger partial charge in [-0.05, 0) is 6.92 Å². The molecule has 0 unspecified atom stereocenters. The van der Waals surface area contributed by atoms with Crippen LogP contribution in [0.2, 0.25) is 0 Å². The molecule has 0 atom stereocenters. The van der Waals surface area contributed by atoms with Crippen molar-refractivity contribution in [3.63, 3.8) is 0 Å². The number of carbonyl (C=O) groups is 1. The predicted molar refractivity (Wildman–Crippen MR) is 58.8 cm³/mol. The third-order valence-corrected chi connectivity index (χ3v) is 2.97. The van der Waals surface area contributed by atoms with E-state index in [2.05, 4.69) is 5.10 Å². The minimum absolute atomic E-state index is 0.106. The van der Waals surface area contributed by atoms with Crippen molar-refractivity contribution in [3.05, 3.63) is 11.4 Å². The first-order chi connectivity index (χ1) is 7.54. The molecule has 2 rings (SSSR count). The van der Waals surface area contributed by atoms with E-state index in [1.165, 1.54) is 4.68 Å². The SMILES string of the molecule is Cc1nn(C)c(C(=O)N2CC(CO)C2)c1N. The molecule has 1 aromatic heterocycles. The zero-order valence-corrected chi connectivity index (χ0v) is 9.47. The van der Waals surface area contributed by atoms with E-state index in [0.717, 1.165) is 0 Å². The zero-order chi connectivity index (χ0) is 11.9. The van der Waals surface area contributed by atoms with Gasteiger partial charge in [0.15, 0.2) is 0 Å². The van der Waals surface area contributed by atoms with Gasteiger partial charge in [0.05, 0.1) is 11.4 Å². The fourth-order valence-electron chi connectivity index (χ4n) is 1.93. The van der Waals surface area contributed by atoms with Gasteiger partial charge in [-0.25, -0.2) is 0 Å². The molecule has 1 fully saturated rings. The number of rotatable bonds is 2. The second kappa shape index (κ2) is 3.79. The summed E-state index contributed by atoms with van der Waals surface area (Å²) in [4.78, 5) is 13.7. The maximum Gasteiger partial charge on any atom is 0.274 e. The molecule has 3 N–H and O–H groups in total. The monoisotopic (exact) mass is 224 g/mol. The molecule has 1 aliphatic heterocycles. The molecule has 0 saturated carbocycles. The molecule has 0 radical (unpaired) electrons. The molecule has 1 saturated heterocycles. The van der Waals surface area contributed by atoms with Gasteiger partial charge in [0, 0.05) is 32.7 Å². The Bertz CT molecular complexity index is 421. The molecule has 6 heteroatoms. The Morgan fingerprint density at radius 2 is 2.25 bits per heavy atom. The van der Waals surface area contributed by atoms with Crippen LogP contribution in [0.25, 0.3) is 0 Å². The van der Waals surface area contributed by atoms with Crippen LogP contribution in [0.1, 0.15) is 16.2 Å². The minimum Gasteiger partial charge on any atom is -0.396 e. The average Bonchev–Trinajstić information content (AvgIpc) is 2.39. The van der Waals surface area contributed by atoms with Crippen molar-refractivity contribution in [2.75, 3.05) is 25.4 Å². The van der Waals surface area contributed by atoms with E-state index in [0.29, 0.717) is 30.2 Å². The van der Waals surface area contributed by atoms with Crippen LogP contribution in [0.3, 0.4) is 0 Å². The summed E-state index contributed by atoms with van der Waals surface area (Å²) in [5, 5.41) is 13.0. The Morgan fingerprint density at radius 1 is 1.62 bits per heavy atom. The maximum absolute atomic E-state index is 12.0. The second-order valence-electron chi connectivity index (χ2n) is 4.23. The molecule has 0 spiro atoms. The van der Waals surface area contributed by atoms with Crippen molar-refractivity contribution in [1.82, 2.24) is 14.7 Å². The van der Waals surface area contributed by atoms with Crippen LogP contribution < -0.4 is 5.73 Å². The summed E-state index contributed by atoms with van der Waals surface area (Å²) < 4.78 is 1.51. The smallest absolute Gasteiger partial charge is 0.274 e. The topological polar surface area (TPSA) is 84.4 Å². The summed E-state index contributed by atoms with van der Waals surface area (Å²) in [6.45, 7) is 3.10. The fraction of sp³-hybridized carbons (Fsp3) is 0.600. The number of aliphatic hydroxyl groups excluding tert-OH is 1. The standard InChI is InChI=1S/C10H16N4O2/c1-6-8(11)9(13(2)12-6)10(16)14-3-7(4-14)5-15/h7,15H,3-5,11H2,1-2H3. The van der Waals surface area contributed by atoms with E-state index in [9.17, 15) is 4.79 Å². The highest BCUT2D eigenvalue weighted by molar-refractivity contribution is 5.98. The normalized spacial score (nSPS) is 16.3. The first-order valence-corrected chi connectivity index (χ1v) is 5.23. The van der Waals surface area contributed by atoms with Gasteiger partial charge in [-0.3, -0.25) is 9.48 Å². The zero-order valence-electron chi connectivity index (χ0n) is 9.47. The Morgan fingerprint density at radius 3 is 2.69 bits per heavy atom. The van der Waals surface area contributed by atoms with Crippen molar-refractivity contribution in [2.24, 2.45) is 13.0 Å².